The fourth-order valence-corrected chi connectivity index (χ4v) is 3.43. The molecule has 0 aromatic heterocycles. The number of carbonyl (C=O) groups is 1. The highest BCUT2D eigenvalue weighted by atomic mass is 16.7. The number of quaternary nitrogens is 1. The van der Waals surface area contributed by atoms with Gasteiger partial charge in [-0.2, -0.15) is 4.74 Å². The van der Waals surface area contributed by atoms with E-state index >= 15 is 0 Å². The lowest BCUT2D eigenvalue weighted by molar-refractivity contribution is -0.504. The van der Waals surface area contributed by atoms with Crippen LogP contribution >= 0.6 is 0 Å². The molecule has 0 aromatic carbocycles. The highest BCUT2D eigenvalue weighted by molar-refractivity contribution is 5.73. The van der Waals surface area contributed by atoms with Crippen LogP contribution in [0.3, 0.4) is 0 Å². The van der Waals surface area contributed by atoms with Crippen LogP contribution in [0.5, 0.6) is 0 Å². The number of aliphatic hydroxyl groups excluding tert-OH is 4. The first kappa shape index (κ1) is 22.3. The van der Waals surface area contributed by atoms with Crippen molar-refractivity contribution in [3.63, 3.8) is 0 Å². The van der Waals surface area contributed by atoms with Gasteiger partial charge in [-0.15, -0.1) is 0 Å². The van der Waals surface area contributed by atoms with Crippen LogP contribution in [0.1, 0.15) is 13.8 Å². The number of ether oxygens (including phenoxy) is 4. The number of nitrogens with one attached hydrogen (secondary N) is 1. The molecule has 2 aliphatic heterocycles. The largest absolute Gasteiger partial charge is 0.394 e. The molecular formula is C16H30N2O9+2. The van der Waals surface area contributed by atoms with E-state index in [-0.39, 0.29) is 12.5 Å². The predicted octanol–water partition coefficient (Wildman–Crippen LogP) is -3.91. The zero-order chi connectivity index (χ0) is 20.3. The first-order valence-electron chi connectivity index (χ1n) is 8.80. The second-order valence-electron chi connectivity index (χ2n) is 6.95. The van der Waals surface area contributed by atoms with Gasteiger partial charge in [-0.1, -0.05) is 6.92 Å². The summed E-state index contributed by atoms with van der Waals surface area (Å²) in [6.07, 6.45) is -7.20. The van der Waals surface area contributed by atoms with Crippen molar-refractivity contribution in [1.82, 2.24) is 5.32 Å². The van der Waals surface area contributed by atoms with E-state index in [4.69, 9.17) is 18.9 Å². The Bertz CT molecular complexity index is 495. The monoisotopic (exact) mass is 394 g/mol. The summed E-state index contributed by atoms with van der Waals surface area (Å²) in [4.78, 5) is 11.4. The van der Waals surface area contributed by atoms with E-state index in [0.29, 0.717) is 0 Å². The molecule has 0 aliphatic carbocycles. The summed E-state index contributed by atoms with van der Waals surface area (Å²) in [7, 11) is 3.26. The van der Waals surface area contributed by atoms with Gasteiger partial charge in [-0.25, -0.2) is 0 Å². The Morgan fingerprint density at radius 3 is 2.26 bits per heavy atom. The van der Waals surface area contributed by atoms with E-state index in [1.807, 2.05) is 0 Å². The minimum Gasteiger partial charge on any atom is -0.394 e. The number of hydrogen-bond donors (Lipinski definition) is 6. The van der Waals surface area contributed by atoms with Gasteiger partial charge in [0.2, 0.25) is 25.6 Å². The third kappa shape index (κ3) is 4.70. The maximum absolute atomic E-state index is 11.4. The lowest BCUT2D eigenvalue weighted by Crippen LogP contribution is -2.77. The lowest BCUT2D eigenvalue weighted by Gasteiger charge is -2.45. The molecule has 156 valence electrons. The number of hydrogen-bond acceptors (Lipinski definition) is 9. The van der Waals surface area contributed by atoms with Gasteiger partial charge in [0, 0.05) is 12.8 Å². The first-order chi connectivity index (χ1) is 12.7. The van der Waals surface area contributed by atoms with Crippen molar-refractivity contribution >= 4 is 5.91 Å². The van der Waals surface area contributed by atoms with Crippen LogP contribution in [-0.4, -0.2) is 94.7 Å². The van der Waals surface area contributed by atoms with Gasteiger partial charge >= 0.3 is 0 Å². The molecule has 1 amide bonds. The van der Waals surface area contributed by atoms with E-state index in [9.17, 15) is 25.2 Å². The summed E-state index contributed by atoms with van der Waals surface area (Å²) in [6.45, 7) is 2.15. The molecule has 0 bridgehead atoms. The molecule has 10 atom stereocenters. The molecular weight excluding hydrogens is 364 g/mol. The van der Waals surface area contributed by atoms with E-state index in [1.54, 1.807) is 6.92 Å². The average Bonchev–Trinajstić information content (AvgIpc) is 2.64. The highest BCUT2D eigenvalue weighted by Crippen LogP contribution is 2.30. The van der Waals surface area contributed by atoms with Crippen LogP contribution in [0.25, 0.3) is 0 Å². The second kappa shape index (κ2) is 9.45. The minimum atomic E-state index is -1.33. The molecule has 0 saturated carbocycles. The van der Waals surface area contributed by atoms with E-state index in [1.165, 1.54) is 6.92 Å². The Morgan fingerprint density at radius 1 is 1.15 bits per heavy atom. The van der Waals surface area contributed by atoms with Crippen LogP contribution in [-0.2, 0) is 23.7 Å². The molecule has 11 heteroatoms. The molecule has 11 nitrogen and oxygen atoms in total. The molecule has 0 radical (unpaired) electrons. The Kier molecular flexibility index (Phi) is 7.80. The van der Waals surface area contributed by atoms with Crippen molar-refractivity contribution in [3.05, 3.63) is 7.11 Å². The minimum absolute atomic E-state index is 0.329. The van der Waals surface area contributed by atoms with Crippen LogP contribution in [0.15, 0.2) is 0 Å². The Balaban J connectivity index is 2.19. The van der Waals surface area contributed by atoms with Gasteiger partial charge in [-0.05, 0) is 0 Å². The molecule has 2 fully saturated rings. The summed E-state index contributed by atoms with van der Waals surface area (Å²) in [5.74, 6) is -0.797. The summed E-state index contributed by atoms with van der Waals surface area (Å²) in [6, 6.07) is -1.72. The Hall–Kier alpha value is -1.02. The van der Waals surface area contributed by atoms with Crippen LogP contribution in [0.4, 0.5) is 0 Å². The third-order valence-electron chi connectivity index (χ3n) is 5.08. The van der Waals surface area contributed by atoms with E-state index in [0.717, 1.165) is 0 Å². The van der Waals surface area contributed by atoms with Gasteiger partial charge in [0.25, 0.3) is 0 Å². The molecule has 2 heterocycles. The topological polar surface area (TPSA) is 175 Å². The van der Waals surface area contributed by atoms with Crippen molar-refractivity contribution in [1.29, 1.82) is 0 Å². The molecule has 10 unspecified atom stereocenters. The second-order valence-corrected chi connectivity index (χ2v) is 6.95. The summed E-state index contributed by atoms with van der Waals surface area (Å²) in [5.41, 5.74) is 3.85. The van der Waals surface area contributed by atoms with E-state index in [2.05, 4.69) is 18.2 Å². The third-order valence-corrected chi connectivity index (χ3v) is 5.08. The van der Waals surface area contributed by atoms with Crippen molar-refractivity contribution in [2.24, 2.45) is 5.92 Å². The summed E-state index contributed by atoms with van der Waals surface area (Å²) < 4.78 is 21.9. The quantitative estimate of drug-likeness (QED) is 0.246. The number of carbonyl (C=O) groups excluding carboxylic acids is 1. The maximum atomic E-state index is 11.4. The normalized spacial score (nSPS) is 45.4. The van der Waals surface area contributed by atoms with Crippen molar-refractivity contribution in [3.8, 4) is 0 Å². The van der Waals surface area contributed by atoms with Crippen molar-refractivity contribution in [2.45, 2.75) is 69.0 Å². The zero-order valence-corrected chi connectivity index (χ0v) is 15.4. The standard InChI is InChI=1S/C16H28N2O9/c1-6-8(4-19)25-15(10(17)12(6)22)27-14-9(5-20)26-16(24-3)11(13(14)23)18-7(2)21/h6,8-16,19-20,22-23H,3-5,17H2,1-2H3/p+2. The molecule has 2 saturated heterocycles. The summed E-state index contributed by atoms with van der Waals surface area (Å²) >= 11 is 0. The Labute approximate surface area is 157 Å². The smallest absolute Gasteiger partial charge is 0.231 e. The highest BCUT2D eigenvalue weighted by Gasteiger charge is 2.51. The molecule has 8 N–H and O–H groups in total. The van der Waals surface area contributed by atoms with E-state index < -0.39 is 67.7 Å². The SMILES string of the molecule is [CH2+]OC1OC(CO)C(OC2OC(CO)C(C)C(O)C2[NH3+])C(O)C1NC(C)=O. The average molecular weight is 394 g/mol. The van der Waals surface area contributed by atoms with Gasteiger partial charge in [-0.3, -0.25) is 4.79 Å². The molecule has 27 heavy (non-hydrogen) atoms. The fourth-order valence-electron chi connectivity index (χ4n) is 3.43. The number of amides is 1. The van der Waals surface area contributed by atoms with Gasteiger partial charge in [0.15, 0.2) is 6.04 Å². The van der Waals surface area contributed by atoms with Crippen molar-refractivity contribution in [2.75, 3.05) is 13.2 Å². The van der Waals surface area contributed by atoms with Crippen LogP contribution in [0, 0.1) is 13.0 Å². The summed E-state index contributed by atoms with van der Waals surface area (Å²) in [5, 5.41) is 42.6. The van der Waals surface area contributed by atoms with Crippen LogP contribution < -0.4 is 11.1 Å². The number of aliphatic hydroxyl groups is 4. The fraction of sp³-hybridized carbons (Fsp3) is 0.875. The molecule has 0 aromatic rings. The van der Waals surface area contributed by atoms with Crippen LogP contribution in [0.2, 0.25) is 0 Å². The zero-order valence-electron chi connectivity index (χ0n) is 15.4. The van der Waals surface area contributed by atoms with Gasteiger partial charge < -0.3 is 45.7 Å². The number of rotatable bonds is 6. The predicted molar refractivity (Wildman–Crippen MR) is 88.3 cm³/mol. The maximum Gasteiger partial charge on any atom is 0.231 e. The molecule has 0 spiro atoms. The first-order valence-corrected chi connectivity index (χ1v) is 8.80. The van der Waals surface area contributed by atoms with Gasteiger partial charge in [0.1, 0.15) is 30.5 Å². The molecule has 2 rings (SSSR count). The van der Waals surface area contributed by atoms with Gasteiger partial charge in [0.05, 0.1) is 19.3 Å². The Morgan fingerprint density at radius 2 is 1.74 bits per heavy atom. The molecule has 2 aliphatic rings. The van der Waals surface area contributed by atoms with Crippen molar-refractivity contribution < 1.29 is 49.9 Å². The lowest BCUT2D eigenvalue weighted by atomic mass is 9.89.